The van der Waals surface area contributed by atoms with Crippen molar-refractivity contribution in [2.24, 2.45) is 0 Å². The van der Waals surface area contributed by atoms with Gasteiger partial charge in [0.25, 0.3) is 0 Å². The van der Waals surface area contributed by atoms with Crippen LogP contribution in [-0.4, -0.2) is 18.5 Å². The number of carbonyl (C=O) groups excluding carboxylic acids is 2. The molecule has 0 saturated carbocycles. The third-order valence-electron chi connectivity index (χ3n) is 4.17. The van der Waals surface area contributed by atoms with Gasteiger partial charge in [0.2, 0.25) is 0 Å². The van der Waals surface area contributed by atoms with Gasteiger partial charge in [-0.05, 0) is 29.3 Å². The fraction of sp³-hybridized carbons (Fsp3) is 0.130. The van der Waals surface area contributed by atoms with Crippen molar-refractivity contribution in [2.75, 3.05) is 11.9 Å². The van der Waals surface area contributed by atoms with Crippen molar-refractivity contribution in [1.82, 2.24) is 0 Å². The van der Waals surface area contributed by atoms with Crippen LogP contribution in [-0.2, 0) is 32.1 Å². The van der Waals surface area contributed by atoms with Gasteiger partial charge in [0.15, 0.2) is 6.61 Å². The molecule has 0 bridgehead atoms. The lowest BCUT2D eigenvalue weighted by molar-refractivity contribution is -0.159. The molecule has 0 saturated heterocycles. The first-order valence-electron chi connectivity index (χ1n) is 9.17. The molecule has 0 radical (unpaired) electrons. The summed E-state index contributed by atoms with van der Waals surface area (Å²) in [5, 5.41) is 4.07. The maximum Gasteiger partial charge on any atom is 0.344 e. The lowest BCUT2D eigenvalue weighted by Crippen LogP contribution is -2.18. The molecule has 30 heavy (non-hydrogen) atoms. The molecule has 0 aromatic heterocycles. The lowest BCUT2D eigenvalue weighted by Gasteiger charge is -2.14. The summed E-state index contributed by atoms with van der Waals surface area (Å²) in [7, 11) is 0. The summed E-state index contributed by atoms with van der Waals surface area (Å²) < 4.78 is 10.2. The van der Waals surface area contributed by atoms with E-state index in [0.717, 1.165) is 5.56 Å². The van der Waals surface area contributed by atoms with E-state index in [9.17, 15) is 9.59 Å². The zero-order valence-corrected chi connectivity index (χ0v) is 17.5. The predicted octanol–water partition coefficient (Wildman–Crippen LogP) is 5.57. The van der Waals surface area contributed by atoms with Gasteiger partial charge in [-0.25, -0.2) is 4.79 Å². The molecule has 7 heteroatoms. The Morgan fingerprint density at radius 2 is 1.43 bits per heavy atom. The summed E-state index contributed by atoms with van der Waals surface area (Å²) in [5.41, 5.74) is 2.74. The molecular formula is C23H19Cl2NO4. The topological polar surface area (TPSA) is 64.6 Å². The number of nitrogens with one attached hydrogen (secondary N) is 1. The number of rotatable bonds is 8. The molecular weight excluding hydrogens is 425 g/mol. The van der Waals surface area contributed by atoms with Gasteiger partial charge in [-0.1, -0.05) is 77.8 Å². The van der Waals surface area contributed by atoms with E-state index >= 15 is 0 Å². The maximum atomic E-state index is 12.2. The van der Waals surface area contributed by atoms with Gasteiger partial charge in [0, 0.05) is 5.69 Å². The Balaban J connectivity index is 1.55. The van der Waals surface area contributed by atoms with Crippen molar-refractivity contribution < 1.29 is 19.1 Å². The van der Waals surface area contributed by atoms with Crippen LogP contribution in [0.15, 0.2) is 72.8 Å². The number of hydrogen-bond donors (Lipinski definition) is 1. The highest BCUT2D eigenvalue weighted by Gasteiger charge is 2.14. The third-order valence-corrected chi connectivity index (χ3v) is 4.80. The zero-order valence-electron chi connectivity index (χ0n) is 15.9. The highest BCUT2D eigenvalue weighted by molar-refractivity contribution is 6.39. The van der Waals surface area contributed by atoms with Crippen LogP contribution in [0.3, 0.4) is 0 Å². The highest BCUT2D eigenvalue weighted by Crippen LogP contribution is 2.33. The molecule has 0 unspecified atom stereocenters. The van der Waals surface area contributed by atoms with Crippen LogP contribution < -0.4 is 5.32 Å². The first kappa shape index (κ1) is 21.7. The van der Waals surface area contributed by atoms with Crippen LogP contribution in [0.5, 0.6) is 0 Å². The number of para-hydroxylation sites is 2. The van der Waals surface area contributed by atoms with Gasteiger partial charge in [-0.15, -0.1) is 0 Å². The molecule has 0 heterocycles. The molecule has 5 nitrogen and oxygen atoms in total. The van der Waals surface area contributed by atoms with Crippen molar-refractivity contribution in [1.29, 1.82) is 0 Å². The van der Waals surface area contributed by atoms with E-state index in [2.05, 4.69) is 5.32 Å². The molecule has 0 atom stereocenters. The fourth-order valence-corrected chi connectivity index (χ4v) is 3.17. The van der Waals surface area contributed by atoms with Gasteiger partial charge >= 0.3 is 11.9 Å². The molecule has 0 fully saturated rings. The van der Waals surface area contributed by atoms with Crippen LogP contribution in [0.1, 0.15) is 11.1 Å². The molecule has 3 aromatic carbocycles. The van der Waals surface area contributed by atoms with Gasteiger partial charge in [-0.2, -0.15) is 0 Å². The van der Waals surface area contributed by atoms with Gasteiger partial charge in [0.1, 0.15) is 6.61 Å². The smallest absolute Gasteiger partial charge is 0.344 e. The molecule has 0 aliphatic carbocycles. The van der Waals surface area contributed by atoms with E-state index in [1.807, 2.05) is 36.4 Å². The second-order valence-corrected chi connectivity index (χ2v) is 7.18. The van der Waals surface area contributed by atoms with Crippen molar-refractivity contribution in [3.63, 3.8) is 0 Å². The molecule has 3 aromatic rings. The highest BCUT2D eigenvalue weighted by atomic mass is 35.5. The fourth-order valence-electron chi connectivity index (χ4n) is 2.67. The van der Waals surface area contributed by atoms with Crippen molar-refractivity contribution in [2.45, 2.75) is 13.0 Å². The Morgan fingerprint density at radius 1 is 0.767 bits per heavy atom. The summed E-state index contributed by atoms with van der Waals surface area (Å²) in [6.07, 6.45) is -0.0305. The number of esters is 2. The van der Waals surface area contributed by atoms with E-state index in [-0.39, 0.29) is 13.0 Å². The van der Waals surface area contributed by atoms with Crippen molar-refractivity contribution in [3.05, 3.63) is 94.0 Å². The second kappa shape index (κ2) is 10.7. The summed E-state index contributed by atoms with van der Waals surface area (Å²) in [6, 6.07) is 21.6. The van der Waals surface area contributed by atoms with E-state index in [0.29, 0.717) is 27.0 Å². The van der Waals surface area contributed by atoms with Gasteiger partial charge in [-0.3, -0.25) is 4.79 Å². The molecule has 0 spiro atoms. The van der Waals surface area contributed by atoms with Crippen LogP contribution in [0.2, 0.25) is 10.0 Å². The summed E-state index contributed by atoms with van der Waals surface area (Å²) in [4.78, 5) is 24.0. The second-order valence-electron chi connectivity index (χ2n) is 6.36. The number of anilines is 2. The molecule has 154 valence electrons. The average Bonchev–Trinajstić information content (AvgIpc) is 2.75. The molecule has 0 aliphatic heterocycles. The van der Waals surface area contributed by atoms with Crippen LogP contribution >= 0.6 is 23.2 Å². The molecule has 0 amide bonds. The Bertz CT molecular complexity index is 1000. The molecule has 3 rings (SSSR count). The number of benzene rings is 3. The minimum absolute atomic E-state index is 0.0305. The minimum Gasteiger partial charge on any atom is -0.458 e. The van der Waals surface area contributed by atoms with Crippen LogP contribution in [0, 0.1) is 0 Å². The molecule has 0 aliphatic rings. The predicted molar refractivity (Wildman–Crippen MR) is 117 cm³/mol. The summed E-state index contributed by atoms with van der Waals surface area (Å²) >= 11 is 12.4. The van der Waals surface area contributed by atoms with E-state index < -0.39 is 18.5 Å². The Morgan fingerprint density at radius 3 is 2.17 bits per heavy atom. The number of hydrogen-bond acceptors (Lipinski definition) is 5. The first-order chi connectivity index (χ1) is 14.5. The average molecular weight is 444 g/mol. The maximum absolute atomic E-state index is 12.2. The van der Waals surface area contributed by atoms with Crippen LogP contribution in [0.4, 0.5) is 11.4 Å². The summed E-state index contributed by atoms with van der Waals surface area (Å²) in [5.74, 6) is -1.16. The zero-order chi connectivity index (χ0) is 21.3. The quantitative estimate of drug-likeness (QED) is 0.461. The number of halogens is 2. The lowest BCUT2D eigenvalue weighted by atomic mass is 10.1. The number of ether oxygens (including phenoxy) is 2. The number of carbonyl (C=O) groups is 2. The van der Waals surface area contributed by atoms with Crippen molar-refractivity contribution in [3.8, 4) is 0 Å². The Hall–Kier alpha value is -3.02. The van der Waals surface area contributed by atoms with E-state index in [1.54, 1.807) is 36.4 Å². The Labute approximate surface area is 184 Å². The monoisotopic (exact) mass is 443 g/mol. The third kappa shape index (κ3) is 6.24. The SMILES string of the molecule is O=C(COC(=O)Cc1ccccc1Nc1c(Cl)cccc1Cl)OCc1ccccc1. The van der Waals surface area contributed by atoms with Gasteiger partial charge < -0.3 is 14.8 Å². The molecule has 1 N–H and O–H groups in total. The van der Waals surface area contributed by atoms with Crippen LogP contribution in [0.25, 0.3) is 0 Å². The van der Waals surface area contributed by atoms with Crippen molar-refractivity contribution >= 4 is 46.5 Å². The first-order valence-corrected chi connectivity index (χ1v) is 9.92. The largest absolute Gasteiger partial charge is 0.458 e. The van der Waals surface area contributed by atoms with E-state index in [4.69, 9.17) is 32.7 Å². The summed E-state index contributed by atoms with van der Waals surface area (Å²) in [6.45, 7) is -0.319. The standard InChI is InChI=1S/C23H19Cl2NO4/c24-18-10-6-11-19(25)23(18)26-20-12-5-4-9-17(20)13-21(27)30-15-22(28)29-14-16-7-2-1-3-8-16/h1-12,26H,13-15H2. The minimum atomic E-state index is -0.610. The van der Waals surface area contributed by atoms with E-state index in [1.165, 1.54) is 0 Å². The normalized spacial score (nSPS) is 10.3. The van der Waals surface area contributed by atoms with Gasteiger partial charge in [0.05, 0.1) is 22.2 Å². The Kier molecular flexibility index (Phi) is 7.71.